The third kappa shape index (κ3) is 4.80. The summed E-state index contributed by atoms with van der Waals surface area (Å²) in [4.78, 5) is 16.7. The van der Waals surface area contributed by atoms with Crippen LogP contribution < -0.4 is 0 Å². The summed E-state index contributed by atoms with van der Waals surface area (Å²) in [6, 6.07) is 8.30. The fraction of sp³-hybridized carbons (Fsp3) is 0.368. The molecule has 6 heteroatoms. The zero-order chi connectivity index (χ0) is 17.6. The number of carbonyl (C=O) groups is 1. The fourth-order valence-corrected chi connectivity index (χ4v) is 3.32. The molecule has 0 radical (unpaired) electrons. The van der Waals surface area contributed by atoms with Crippen LogP contribution in [0.3, 0.4) is 0 Å². The molecule has 1 fully saturated rings. The Morgan fingerprint density at radius 3 is 2.68 bits per heavy atom. The number of piperazine rings is 1. The average Bonchev–Trinajstić information content (AvgIpc) is 3.10. The molecule has 1 aromatic heterocycles. The summed E-state index contributed by atoms with van der Waals surface area (Å²) in [6.45, 7) is 7.11. The van der Waals surface area contributed by atoms with E-state index in [2.05, 4.69) is 44.1 Å². The first kappa shape index (κ1) is 17.9. The van der Waals surface area contributed by atoms with Gasteiger partial charge in [-0.25, -0.2) is 0 Å². The molecule has 132 valence electrons. The molecule has 0 unspecified atom stereocenters. The van der Waals surface area contributed by atoms with Gasteiger partial charge >= 0.3 is 0 Å². The van der Waals surface area contributed by atoms with E-state index in [0.29, 0.717) is 0 Å². The molecule has 1 aromatic carbocycles. The van der Waals surface area contributed by atoms with Gasteiger partial charge in [0, 0.05) is 61.6 Å². The maximum Gasteiger partial charge on any atom is 0.246 e. The topological polar surface area (TPSA) is 41.4 Å². The first-order valence-electron chi connectivity index (χ1n) is 8.61. The largest absolute Gasteiger partial charge is 0.337 e. The molecule has 0 aliphatic carbocycles. The molecule has 25 heavy (non-hydrogen) atoms. The third-order valence-corrected chi connectivity index (χ3v) is 5.20. The number of aromatic nitrogens is 2. The monoisotopic (exact) mass is 402 g/mol. The molecular formula is C19H23BrN4O. The molecule has 0 atom stereocenters. The van der Waals surface area contributed by atoms with Gasteiger partial charge in [-0.15, -0.1) is 0 Å². The van der Waals surface area contributed by atoms with Gasteiger partial charge in [0.25, 0.3) is 0 Å². The summed E-state index contributed by atoms with van der Waals surface area (Å²) in [5.74, 6) is 0.0739. The molecule has 2 heterocycles. The van der Waals surface area contributed by atoms with Gasteiger partial charge in [0.15, 0.2) is 0 Å². The molecule has 0 N–H and O–H groups in total. The summed E-state index contributed by atoms with van der Waals surface area (Å²) in [5.41, 5.74) is 2.25. The lowest BCUT2D eigenvalue weighted by Gasteiger charge is -2.34. The van der Waals surface area contributed by atoms with Crippen molar-refractivity contribution in [1.82, 2.24) is 19.6 Å². The Morgan fingerprint density at radius 1 is 1.24 bits per heavy atom. The maximum absolute atomic E-state index is 12.4. The summed E-state index contributed by atoms with van der Waals surface area (Å²) in [6.07, 6.45) is 7.22. The molecule has 0 saturated carbocycles. The number of benzene rings is 1. The highest BCUT2D eigenvalue weighted by Gasteiger charge is 2.20. The van der Waals surface area contributed by atoms with Crippen LogP contribution in [-0.4, -0.2) is 51.7 Å². The molecule has 3 rings (SSSR count). The molecule has 5 nitrogen and oxygen atoms in total. The number of amides is 1. The minimum atomic E-state index is 0.0739. The Balaban J connectivity index is 1.50. The van der Waals surface area contributed by atoms with Gasteiger partial charge in [-0.05, 0) is 24.6 Å². The van der Waals surface area contributed by atoms with Gasteiger partial charge < -0.3 is 4.90 Å². The van der Waals surface area contributed by atoms with Gasteiger partial charge in [0.2, 0.25) is 5.91 Å². The molecule has 1 aliphatic rings. The van der Waals surface area contributed by atoms with Crippen molar-refractivity contribution in [2.75, 3.05) is 26.2 Å². The quantitative estimate of drug-likeness (QED) is 0.721. The van der Waals surface area contributed by atoms with Crippen LogP contribution >= 0.6 is 15.9 Å². The minimum absolute atomic E-state index is 0.0739. The highest BCUT2D eigenvalue weighted by Crippen LogP contribution is 2.18. The minimum Gasteiger partial charge on any atom is -0.337 e. The van der Waals surface area contributed by atoms with Gasteiger partial charge in [0.1, 0.15) is 0 Å². The van der Waals surface area contributed by atoms with Crippen LogP contribution in [0.1, 0.15) is 18.1 Å². The smallest absolute Gasteiger partial charge is 0.246 e. The van der Waals surface area contributed by atoms with E-state index in [1.807, 2.05) is 34.8 Å². The van der Waals surface area contributed by atoms with Crippen molar-refractivity contribution >= 4 is 27.9 Å². The van der Waals surface area contributed by atoms with Gasteiger partial charge in [-0.2, -0.15) is 5.10 Å². The van der Waals surface area contributed by atoms with Crippen LogP contribution in [0.4, 0.5) is 0 Å². The zero-order valence-corrected chi connectivity index (χ0v) is 16.0. The van der Waals surface area contributed by atoms with E-state index < -0.39 is 0 Å². The van der Waals surface area contributed by atoms with Crippen molar-refractivity contribution in [3.8, 4) is 0 Å². The van der Waals surface area contributed by atoms with Crippen LogP contribution in [0.2, 0.25) is 0 Å². The van der Waals surface area contributed by atoms with Crippen LogP contribution in [-0.2, 0) is 17.9 Å². The van der Waals surface area contributed by atoms with E-state index in [-0.39, 0.29) is 5.91 Å². The number of rotatable bonds is 5. The second kappa shape index (κ2) is 8.45. The second-order valence-corrected chi connectivity index (χ2v) is 7.01. The second-order valence-electron chi connectivity index (χ2n) is 6.16. The van der Waals surface area contributed by atoms with E-state index in [0.717, 1.165) is 49.3 Å². The molecule has 0 bridgehead atoms. The summed E-state index contributed by atoms with van der Waals surface area (Å²) in [7, 11) is 0. The van der Waals surface area contributed by atoms with Crippen LogP contribution in [0.5, 0.6) is 0 Å². The number of carbonyl (C=O) groups excluding carboxylic acids is 1. The Hall–Kier alpha value is -1.92. The molecule has 1 aliphatic heterocycles. The van der Waals surface area contributed by atoms with Gasteiger partial charge in [-0.1, -0.05) is 34.1 Å². The van der Waals surface area contributed by atoms with Gasteiger partial charge in [0.05, 0.1) is 6.20 Å². The zero-order valence-electron chi connectivity index (χ0n) is 14.4. The van der Waals surface area contributed by atoms with Crippen molar-refractivity contribution in [2.24, 2.45) is 0 Å². The van der Waals surface area contributed by atoms with E-state index in [1.54, 1.807) is 12.3 Å². The van der Waals surface area contributed by atoms with Crippen molar-refractivity contribution < 1.29 is 4.79 Å². The highest BCUT2D eigenvalue weighted by molar-refractivity contribution is 9.10. The van der Waals surface area contributed by atoms with Crippen LogP contribution in [0, 0.1) is 0 Å². The Labute approximate surface area is 157 Å². The predicted molar refractivity (Wildman–Crippen MR) is 103 cm³/mol. The van der Waals surface area contributed by atoms with Gasteiger partial charge in [-0.3, -0.25) is 14.4 Å². The Morgan fingerprint density at radius 2 is 2.00 bits per heavy atom. The van der Waals surface area contributed by atoms with E-state index in [4.69, 9.17) is 0 Å². The first-order valence-corrected chi connectivity index (χ1v) is 9.40. The third-order valence-electron chi connectivity index (χ3n) is 4.43. The van der Waals surface area contributed by atoms with E-state index in [1.165, 1.54) is 5.56 Å². The predicted octanol–water partition coefficient (Wildman–Crippen LogP) is 3.02. The lowest BCUT2D eigenvalue weighted by atomic mass is 10.2. The maximum atomic E-state index is 12.4. The van der Waals surface area contributed by atoms with E-state index in [9.17, 15) is 4.79 Å². The fourth-order valence-electron chi connectivity index (χ4n) is 2.91. The summed E-state index contributed by atoms with van der Waals surface area (Å²) >= 11 is 3.60. The SMILES string of the molecule is CCn1cc(/C=C/C(=O)N2CCN(Cc3ccccc3Br)CC2)cn1. The summed E-state index contributed by atoms with van der Waals surface area (Å²) < 4.78 is 2.99. The standard InChI is InChI=1S/C19H23BrN4O/c1-2-24-14-16(13-21-24)7-8-19(25)23-11-9-22(10-12-23)15-17-5-3-4-6-18(17)20/h3-8,13-14H,2,9-12,15H2,1H3/b8-7+. The Bertz CT molecular complexity index is 747. The number of hydrogen-bond acceptors (Lipinski definition) is 3. The average molecular weight is 403 g/mol. The van der Waals surface area contributed by atoms with Crippen molar-refractivity contribution in [1.29, 1.82) is 0 Å². The normalized spacial score (nSPS) is 15.8. The van der Waals surface area contributed by atoms with Crippen LogP contribution in [0.15, 0.2) is 47.2 Å². The molecule has 1 saturated heterocycles. The molecule has 1 amide bonds. The molecule has 0 spiro atoms. The van der Waals surface area contributed by atoms with E-state index >= 15 is 0 Å². The lowest BCUT2D eigenvalue weighted by Crippen LogP contribution is -2.47. The Kier molecular flexibility index (Phi) is 6.04. The molecule has 2 aromatic rings. The van der Waals surface area contributed by atoms with Crippen molar-refractivity contribution in [3.63, 3.8) is 0 Å². The number of hydrogen-bond donors (Lipinski definition) is 0. The number of halogens is 1. The highest BCUT2D eigenvalue weighted by atomic mass is 79.9. The lowest BCUT2D eigenvalue weighted by molar-refractivity contribution is -0.127. The number of aryl methyl sites for hydroxylation is 1. The van der Waals surface area contributed by atoms with Crippen molar-refractivity contribution in [2.45, 2.75) is 20.0 Å². The summed E-state index contributed by atoms with van der Waals surface area (Å²) in [5, 5.41) is 4.21. The van der Waals surface area contributed by atoms with Crippen LogP contribution in [0.25, 0.3) is 6.08 Å². The van der Waals surface area contributed by atoms with Crippen molar-refractivity contribution in [3.05, 3.63) is 58.3 Å². The first-order chi connectivity index (χ1) is 12.2. The number of nitrogens with zero attached hydrogens (tertiary/aromatic N) is 4. The molecular weight excluding hydrogens is 380 g/mol.